The monoisotopic (exact) mass is 296 g/mol. The second-order valence-electron chi connectivity index (χ2n) is 4.74. The fraction of sp³-hybridized carbons (Fsp3) is 0.429. The highest BCUT2D eigenvalue weighted by Gasteiger charge is 2.47. The first-order valence-corrected chi connectivity index (χ1v) is 6.45. The maximum Gasteiger partial charge on any atom is 0.410 e. The first kappa shape index (κ1) is 15.2. The smallest absolute Gasteiger partial charge is 0.410 e. The zero-order valence-electron chi connectivity index (χ0n) is 11.7. The summed E-state index contributed by atoms with van der Waals surface area (Å²) in [6.45, 7) is -1.04. The highest BCUT2D eigenvalue weighted by molar-refractivity contribution is 5.98. The van der Waals surface area contributed by atoms with Gasteiger partial charge in [0.2, 0.25) is 0 Å². The van der Waals surface area contributed by atoms with Gasteiger partial charge in [-0.05, 0) is 5.56 Å². The number of benzene rings is 1. The van der Waals surface area contributed by atoms with E-state index in [1.54, 1.807) is 0 Å². The largest absolute Gasteiger partial charge is 0.445 e. The van der Waals surface area contributed by atoms with Crippen molar-refractivity contribution in [2.24, 2.45) is 5.16 Å². The predicted octanol–water partition coefficient (Wildman–Crippen LogP) is 1.34. The molecule has 1 amide bonds. The minimum absolute atomic E-state index is 0.0239. The van der Waals surface area contributed by atoms with Gasteiger partial charge in [-0.1, -0.05) is 35.5 Å². The van der Waals surface area contributed by atoms with Crippen molar-refractivity contribution in [3.05, 3.63) is 35.9 Å². The molecule has 1 aliphatic rings. The summed E-state index contributed by atoms with van der Waals surface area (Å²) in [6.07, 6.45) is -0.657. The first-order valence-electron chi connectivity index (χ1n) is 6.45. The van der Waals surface area contributed by atoms with Crippen LogP contribution in [0.15, 0.2) is 35.5 Å². The van der Waals surface area contributed by atoms with Crippen LogP contribution >= 0.6 is 0 Å². The predicted molar refractivity (Wildman–Crippen MR) is 73.6 cm³/mol. The van der Waals surface area contributed by atoms with Crippen molar-refractivity contribution in [2.75, 3.05) is 26.8 Å². The van der Waals surface area contributed by atoms with Crippen molar-refractivity contribution in [1.29, 1.82) is 0 Å². The number of hydrogen-bond donors (Lipinski definition) is 1. The summed E-state index contributed by atoms with van der Waals surface area (Å²) in [5.74, 6) is 0. The zero-order valence-corrected chi connectivity index (χ0v) is 11.7. The molecule has 0 radical (unpaired) electrons. The molecular formula is C14H17FN2O4. The second kappa shape index (κ2) is 6.53. The van der Waals surface area contributed by atoms with Crippen LogP contribution in [0, 0.1) is 0 Å². The molecule has 0 saturated carbocycles. The van der Waals surface area contributed by atoms with Gasteiger partial charge in [-0.3, -0.25) is 4.90 Å². The summed E-state index contributed by atoms with van der Waals surface area (Å²) in [5, 5.41) is 12.7. The van der Waals surface area contributed by atoms with E-state index in [0.717, 1.165) is 10.5 Å². The van der Waals surface area contributed by atoms with E-state index in [9.17, 15) is 9.18 Å². The quantitative estimate of drug-likeness (QED) is 0.851. The molecule has 0 bridgehead atoms. The first-order chi connectivity index (χ1) is 10.1. The Morgan fingerprint density at radius 1 is 1.48 bits per heavy atom. The third-order valence-corrected chi connectivity index (χ3v) is 3.21. The van der Waals surface area contributed by atoms with Gasteiger partial charge in [0, 0.05) is 0 Å². The Balaban J connectivity index is 1.96. The number of hydrogen-bond acceptors (Lipinski definition) is 5. The van der Waals surface area contributed by atoms with E-state index < -0.39 is 18.4 Å². The molecule has 2 rings (SSSR count). The number of amides is 1. The van der Waals surface area contributed by atoms with Crippen molar-refractivity contribution in [1.82, 2.24) is 4.90 Å². The van der Waals surface area contributed by atoms with E-state index in [0.29, 0.717) is 0 Å². The Hall–Kier alpha value is -2.15. The Bertz CT molecular complexity index is 523. The fourth-order valence-electron chi connectivity index (χ4n) is 2.07. The lowest BCUT2D eigenvalue weighted by Crippen LogP contribution is -2.38. The highest BCUT2D eigenvalue weighted by atomic mass is 19.1. The van der Waals surface area contributed by atoms with Crippen LogP contribution in [0.2, 0.25) is 0 Å². The van der Waals surface area contributed by atoms with Gasteiger partial charge in [-0.15, -0.1) is 0 Å². The number of carbonyl (C=O) groups excluding carboxylic acids is 1. The molecule has 1 heterocycles. The third kappa shape index (κ3) is 3.49. The number of carbonyl (C=O) groups is 1. The van der Waals surface area contributed by atoms with E-state index in [-0.39, 0.29) is 25.4 Å². The van der Waals surface area contributed by atoms with Crippen molar-refractivity contribution >= 4 is 11.8 Å². The molecule has 0 spiro atoms. The molecular weight excluding hydrogens is 279 g/mol. The van der Waals surface area contributed by atoms with Crippen molar-refractivity contribution in [2.45, 2.75) is 12.3 Å². The van der Waals surface area contributed by atoms with Crippen LogP contribution in [0.25, 0.3) is 0 Å². The zero-order chi connectivity index (χ0) is 15.3. The highest BCUT2D eigenvalue weighted by Crippen LogP contribution is 2.24. The van der Waals surface area contributed by atoms with Crippen LogP contribution in [0.4, 0.5) is 9.18 Å². The number of oxime groups is 1. The van der Waals surface area contributed by atoms with Gasteiger partial charge >= 0.3 is 6.09 Å². The number of rotatable bonds is 4. The van der Waals surface area contributed by atoms with Crippen LogP contribution in [0.1, 0.15) is 5.56 Å². The van der Waals surface area contributed by atoms with Crippen LogP contribution in [-0.2, 0) is 16.2 Å². The summed E-state index contributed by atoms with van der Waals surface area (Å²) in [4.78, 5) is 17.6. The summed E-state index contributed by atoms with van der Waals surface area (Å²) in [6, 6.07) is 9.17. The van der Waals surface area contributed by atoms with Gasteiger partial charge in [0.15, 0.2) is 5.67 Å². The number of nitrogens with zero attached hydrogens (tertiary/aromatic N) is 2. The van der Waals surface area contributed by atoms with E-state index >= 15 is 0 Å². The van der Waals surface area contributed by atoms with Crippen molar-refractivity contribution in [3.63, 3.8) is 0 Å². The topological polar surface area (TPSA) is 71.4 Å². The van der Waals surface area contributed by atoms with Crippen LogP contribution in [0.3, 0.4) is 0 Å². The Morgan fingerprint density at radius 3 is 2.81 bits per heavy atom. The lowest BCUT2D eigenvalue weighted by molar-refractivity contribution is 0.0805. The SMILES string of the molecule is CON=C1CN(C(=O)OCc2ccccc2)CC1(F)CO. The number of aliphatic hydroxyl groups excluding tert-OH is 1. The molecule has 1 aromatic rings. The van der Waals surface area contributed by atoms with Gasteiger partial charge in [-0.25, -0.2) is 9.18 Å². The van der Waals surface area contributed by atoms with E-state index in [2.05, 4.69) is 9.99 Å². The average Bonchev–Trinajstić information content (AvgIpc) is 2.84. The number of likely N-dealkylation sites (tertiary alicyclic amines) is 1. The molecule has 1 N–H and O–H groups in total. The normalized spacial score (nSPS) is 23.4. The standard InChI is InChI=1S/C14H17FN2O4/c1-20-16-12-7-17(9-14(12,15)10-18)13(19)21-8-11-5-3-2-4-6-11/h2-6,18H,7-10H2,1H3. The van der Waals surface area contributed by atoms with E-state index in [1.807, 2.05) is 30.3 Å². The Kier molecular flexibility index (Phi) is 4.74. The van der Waals surface area contributed by atoms with Gasteiger partial charge in [0.1, 0.15) is 19.4 Å². The van der Waals surface area contributed by atoms with E-state index in [1.165, 1.54) is 7.11 Å². The lowest BCUT2D eigenvalue weighted by Gasteiger charge is -2.17. The molecule has 0 aliphatic carbocycles. The number of aliphatic hydroxyl groups is 1. The maximum atomic E-state index is 14.4. The molecule has 1 unspecified atom stereocenters. The molecule has 1 fully saturated rings. The van der Waals surface area contributed by atoms with Gasteiger partial charge in [-0.2, -0.15) is 0 Å². The van der Waals surface area contributed by atoms with Crippen LogP contribution in [0.5, 0.6) is 0 Å². The lowest BCUT2D eigenvalue weighted by atomic mass is 10.1. The van der Waals surface area contributed by atoms with Crippen LogP contribution < -0.4 is 0 Å². The number of halogens is 1. The molecule has 7 heteroatoms. The molecule has 6 nitrogen and oxygen atoms in total. The van der Waals surface area contributed by atoms with Crippen molar-refractivity contribution in [3.8, 4) is 0 Å². The third-order valence-electron chi connectivity index (χ3n) is 3.21. The molecule has 1 aliphatic heterocycles. The van der Waals surface area contributed by atoms with E-state index in [4.69, 9.17) is 9.84 Å². The average molecular weight is 296 g/mol. The fourth-order valence-corrected chi connectivity index (χ4v) is 2.07. The number of ether oxygens (including phenoxy) is 1. The minimum atomic E-state index is -2.08. The molecule has 0 aromatic heterocycles. The maximum absolute atomic E-state index is 14.4. The molecule has 114 valence electrons. The Morgan fingerprint density at radius 2 is 2.19 bits per heavy atom. The van der Waals surface area contributed by atoms with Gasteiger partial charge < -0.3 is 14.7 Å². The van der Waals surface area contributed by atoms with Gasteiger partial charge in [0.05, 0.1) is 19.7 Å². The molecule has 1 aromatic carbocycles. The van der Waals surface area contributed by atoms with Crippen molar-refractivity contribution < 1.29 is 23.9 Å². The number of alkyl halides is 1. The summed E-state index contributed by atoms with van der Waals surface area (Å²) >= 11 is 0. The molecule has 1 atom stereocenters. The Labute approximate surface area is 121 Å². The van der Waals surface area contributed by atoms with Crippen LogP contribution in [-0.4, -0.2) is 54.3 Å². The minimum Gasteiger partial charge on any atom is -0.445 e. The second-order valence-corrected chi connectivity index (χ2v) is 4.74. The van der Waals surface area contributed by atoms with Gasteiger partial charge in [0.25, 0.3) is 0 Å². The summed E-state index contributed by atoms with van der Waals surface area (Å²) in [5.41, 5.74) is -1.27. The molecule has 21 heavy (non-hydrogen) atoms. The molecule has 1 saturated heterocycles. The summed E-state index contributed by atoms with van der Waals surface area (Å²) < 4.78 is 19.5. The summed E-state index contributed by atoms with van der Waals surface area (Å²) in [7, 11) is 1.28.